The molecule has 3 rings (SSSR count). The maximum absolute atomic E-state index is 13.6. The molecule has 1 heterocycles. The molecule has 0 aliphatic carbocycles. The average Bonchev–Trinajstić information content (AvgIpc) is 2.65. The Labute approximate surface area is 150 Å². The summed E-state index contributed by atoms with van der Waals surface area (Å²) < 4.78 is 40.2. The van der Waals surface area contributed by atoms with Crippen molar-refractivity contribution < 1.29 is 13.2 Å². The number of aliphatic imine (C=N–C) groups is 1. The first-order chi connectivity index (χ1) is 12.5. The van der Waals surface area contributed by atoms with Gasteiger partial charge in [-0.3, -0.25) is 4.99 Å². The number of guanidine groups is 1. The predicted octanol–water partition coefficient (Wildman–Crippen LogP) is 2.78. The van der Waals surface area contributed by atoms with Crippen LogP contribution in [0.4, 0.5) is 18.9 Å². The first-order valence-corrected chi connectivity index (χ1v) is 8.53. The molecule has 0 amide bonds. The van der Waals surface area contributed by atoms with Crippen LogP contribution in [0.1, 0.15) is 5.56 Å². The van der Waals surface area contributed by atoms with Gasteiger partial charge in [-0.15, -0.1) is 0 Å². The van der Waals surface area contributed by atoms with Gasteiger partial charge < -0.3 is 15.5 Å². The van der Waals surface area contributed by atoms with E-state index in [-0.39, 0.29) is 24.3 Å². The van der Waals surface area contributed by atoms with Crippen molar-refractivity contribution in [3.8, 4) is 0 Å². The normalized spacial score (nSPS) is 15.4. The molecule has 1 aliphatic rings. The van der Waals surface area contributed by atoms with Gasteiger partial charge >= 0.3 is 0 Å². The maximum atomic E-state index is 13.6. The van der Waals surface area contributed by atoms with Crippen LogP contribution in [0.25, 0.3) is 0 Å². The lowest BCUT2D eigenvalue weighted by Crippen LogP contribution is -2.51. The van der Waals surface area contributed by atoms with Crippen molar-refractivity contribution in [2.24, 2.45) is 10.7 Å². The molecule has 0 radical (unpaired) electrons. The van der Waals surface area contributed by atoms with E-state index >= 15 is 0 Å². The predicted molar refractivity (Wildman–Crippen MR) is 96.7 cm³/mol. The number of halogens is 3. The number of nitrogens with zero attached hydrogens (tertiary/aromatic N) is 3. The van der Waals surface area contributed by atoms with Gasteiger partial charge in [0.15, 0.2) is 5.96 Å². The van der Waals surface area contributed by atoms with Gasteiger partial charge in [-0.2, -0.15) is 0 Å². The van der Waals surface area contributed by atoms with Crippen molar-refractivity contribution in [2.75, 3.05) is 37.6 Å². The van der Waals surface area contributed by atoms with Crippen molar-refractivity contribution in [1.29, 1.82) is 0 Å². The van der Waals surface area contributed by atoms with Crippen LogP contribution in [0.3, 0.4) is 0 Å². The van der Waals surface area contributed by atoms with Gasteiger partial charge in [0, 0.05) is 44.0 Å². The molecule has 138 valence electrons. The number of hydrogen-bond acceptors (Lipinski definition) is 2. The highest BCUT2D eigenvalue weighted by Gasteiger charge is 2.18. The molecule has 0 saturated carbocycles. The van der Waals surface area contributed by atoms with Crippen molar-refractivity contribution in [3.05, 3.63) is 65.5 Å². The Morgan fingerprint density at radius 1 is 0.923 bits per heavy atom. The molecule has 0 aromatic heterocycles. The fraction of sp³-hybridized carbons (Fsp3) is 0.316. The summed E-state index contributed by atoms with van der Waals surface area (Å²) in [7, 11) is 0. The highest BCUT2D eigenvalue weighted by atomic mass is 19.1. The standard InChI is InChI=1S/C19H21F3N4/c20-14-4-6-15(7-5-14)25-10-12-26(13-11-25)19(23)24-9-8-16-17(21)2-1-3-18(16)22/h1-7H,8-13H2,(H2,23,24). The van der Waals surface area contributed by atoms with Crippen LogP contribution >= 0.6 is 0 Å². The number of benzene rings is 2. The fourth-order valence-corrected chi connectivity index (χ4v) is 3.00. The lowest BCUT2D eigenvalue weighted by Gasteiger charge is -2.36. The zero-order valence-corrected chi connectivity index (χ0v) is 14.3. The number of hydrogen-bond donors (Lipinski definition) is 1. The summed E-state index contributed by atoms with van der Waals surface area (Å²) in [4.78, 5) is 8.35. The molecule has 1 saturated heterocycles. The quantitative estimate of drug-likeness (QED) is 0.672. The van der Waals surface area contributed by atoms with Crippen LogP contribution < -0.4 is 10.6 Å². The van der Waals surface area contributed by atoms with Crippen LogP contribution in [0.15, 0.2) is 47.5 Å². The Morgan fingerprint density at radius 2 is 1.54 bits per heavy atom. The third kappa shape index (κ3) is 4.28. The summed E-state index contributed by atoms with van der Waals surface area (Å²) in [6, 6.07) is 10.2. The average molecular weight is 362 g/mol. The minimum Gasteiger partial charge on any atom is -0.370 e. The third-order valence-corrected chi connectivity index (χ3v) is 4.49. The Kier molecular flexibility index (Phi) is 5.65. The van der Waals surface area contributed by atoms with Gasteiger partial charge in [-0.25, -0.2) is 13.2 Å². The Morgan fingerprint density at radius 3 is 2.15 bits per heavy atom. The van der Waals surface area contributed by atoms with Gasteiger partial charge in [0.2, 0.25) is 0 Å². The van der Waals surface area contributed by atoms with Crippen molar-refractivity contribution in [1.82, 2.24) is 4.90 Å². The van der Waals surface area contributed by atoms with E-state index in [0.29, 0.717) is 19.0 Å². The van der Waals surface area contributed by atoms with E-state index in [4.69, 9.17) is 5.73 Å². The minimum absolute atomic E-state index is 0.0326. The molecule has 26 heavy (non-hydrogen) atoms. The molecule has 4 nitrogen and oxygen atoms in total. The van der Waals surface area contributed by atoms with Gasteiger partial charge in [-0.05, 0) is 42.8 Å². The number of piperazine rings is 1. The Hall–Kier alpha value is -2.70. The summed E-state index contributed by atoms with van der Waals surface area (Å²) in [6.45, 7) is 3.07. The maximum Gasteiger partial charge on any atom is 0.191 e. The topological polar surface area (TPSA) is 44.9 Å². The van der Waals surface area contributed by atoms with E-state index in [1.54, 1.807) is 12.1 Å². The molecule has 0 spiro atoms. The minimum atomic E-state index is -0.563. The van der Waals surface area contributed by atoms with Crippen LogP contribution in [-0.2, 0) is 6.42 Å². The number of rotatable bonds is 4. The van der Waals surface area contributed by atoms with Crippen molar-refractivity contribution >= 4 is 11.6 Å². The Balaban J connectivity index is 1.52. The lowest BCUT2D eigenvalue weighted by atomic mass is 10.1. The van der Waals surface area contributed by atoms with Crippen LogP contribution in [0, 0.1) is 17.5 Å². The monoisotopic (exact) mass is 362 g/mol. The molecular formula is C19H21F3N4. The molecule has 1 fully saturated rings. The molecule has 0 atom stereocenters. The summed E-state index contributed by atoms with van der Waals surface area (Å²) >= 11 is 0. The fourth-order valence-electron chi connectivity index (χ4n) is 3.00. The summed E-state index contributed by atoms with van der Waals surface area (Å²) in [5.41, 5.74) is 7.01. The SMILES string of the molecule is NC(=NCCc1c(F)cccc1F)N1CCN(c2ccc(F)cc2)CC1. The van der Waals surface area contributed by atoms with E-state index in [1.165, 1.54) is 30.3 Å². The molecule has 1 aliphatic heterocycles. The third-order valence-electron chi connectivity index (χ3n) is 4.49. The molecular weight excluding hydrogens is 341 g/mol. The summed E-state index contributed by atoms with van der Waals surface area (Å²) in [5, 5.41) is 0. The van der Waals surface area contributed by atoms with Gasteiger partial charge in [0.1, 0.15) is 17.5 Å². The highest BCUT2D eigenvalue weighted by Crippen LogP contribution is 2.17. The number of nitrogens with two attached hydrogens (primary N) is 1. The van der Waals surface area contributed by atoms with Crippen LogP contribution in [-0.4, -0.2) is 43.6 Å². The smallest absolute Gasteiger partial charge is 0.191 e. The largest absolute Gasteiger partial charge is 0.370 e. The van der Waals surface area contributed by atoms with E-state index in [2.05, 4.69) is 9.89 Å². The lowest BCUT2D eigenvalue weighted by molar-refractivity contribution is 0.380. The first kappa shape index (κ1) is 18.1. The van der Waals surface area contributed by atoms with Crippen LogP contribution in [0.2, 0.25) is 0 Å². The Bertz CT molecular complexity index is 749. The molecule has 2 aromatic rings. The second kappa shape index (κ2) is 8.12. The van der Waals surface area contributed by atoms with Crippen LogP contribution in [0.5, 0.6) is 0 Å². The van der Waals surface area contributed by atoms with Gasteiger partial charge in [0.25, 0.3) is 0 Å². The number of anilines is 1. The zero-order valence-electron chi connectivity index (χ0n) is 14.3. The van der Waals surface area contributed by atoms with E-state index < -0.39 is 11.6 Å². The van der Waals surface area contributed by atoms with Gasteiger partial charge in [-0.1, -0.05) is 6.07 Å². The molecule has 0 unspecified atom stereocenters. The molecule has 2 N–H and O–H groups in total. The summed E-state index contributed by atoms with van der Waals surface area (Å²) in [5.74, 6) is -1.01. The van der Waals surface area contributed by atoms with E-state index in [9.17, 15) is 13.2 Å². The second-order valence-electron chi connectivity index (χ2n) is 6.14. The highest BCUT2D eigenvalue weighted by molar-refractivity contribution is 5.78. The van der Waals surface area contributed by atoms with E-state index in [0.717, 1.165) is 18.8 Å². The van der Waals surface area contributed by atoms with Crippen molar-refractivity contribution in [3.63, 3.8) is 0 Å². The van der Waals surface area contributed by atoms with Crippen molar-refractivity contribution in [2.45, 2.75) is 6.42 Å². The first-order valence-electron chi connectivity index (χ1n) is 8.53. The van der Waals surface area contributed by atoms with E-state index in [1.807, 2.05) is 4.90 Å². The second-order valence-corrected chi connectivity index (χ2v) is 6.14. The molecule has 2 aromatic carbocycles. The van der Waals surface area contributed by atoms with Gasteiger partial charge in [0.05, 0.1) is 0 Å². The molecule has 7 heteroatoms. The zero-order chi connectivity index (χ0) is 18.5. The summed E-state index contributed by atoms with van der Waals surface area (Å²) in [6.07, 6.45) is 0.161. The molecule has 0 bridgehead atoms.